The molecule has 4 saturated carbocycles. The number of hydrogen-bond donors (Lipinski definition) is 4. The highest BCUT2D eigenvalue weighted by Gasteiger charge is 2.68. The van der Waals surface area contributed by atoms with Crippen molar-refractivity contribution in [3.05, 3.63) is 29.8 Å². The number of carbonyl (C=O) groups is 1. The van der Waals surface area contributed by atoms with Crippen LogP contribution in [0.5, 0.6) is 0 Å². The standard InChI is InChI=1S/C34H54N2O5S/c1-7-25-30(38)29-27-12-11-26(32(27,4)16-14-28(29)33(5)17-13-23(37)20-34(25,33)6)22(3)15-18-35-31(39)36-42(40,41)24-10-8-9-21(2)19-24/h8-10,19,22-23,25-30,37-38H,7,11-18,20H2,1-6H3,(H2,35,36,39)/t22-,23-,25+,26-,27+,28+,29+,30-,32-,33-,34+/m1/s1. The minimum absolute atomic E-state index is 0.0436. The molecule has 0 heterocycles. The molecular formula is C34H54N2O5S. The lowest BCUT2D eigenvalue weighted by molar-refractivity contribution is -0.243. The van der Waals surface area contributed by atoms with Gasteiger partial charge >= 0.3 is 6.03 Å². The summed E-state index contributed by atoms with van der Waals surface area (Å²) in [5, 5.41) is 25.5. The van der Waals surface area contributed by atoms with Crippen LogP contribution in [0.3, 0.4) is 0 Å². The van der Waals surface area contributed by atoms with E-state index < -0.39 is 16.1 Å². The second kappa shape index (κ2) is 11.4. The predicted octanol–water partition coefficient (Wildman–Crippen LogP) is 6.03. The van der Waals surface area contributed by atoms with Crippen LogP contribution in [0.4, 0.5) is 4.79 Å². The molecule has 4 fully saturated rings. The zero-order valence-corrected chi connectivity index (χ0v) is 27.3. The van der Waals surface area contributed by atoms with Crippen LogP contribution in [0.15, 0.2) is 29.2 Å². The van der Waals surface area contributed by atoms with E-state index in [4.69, 9.17) is 0 Å². The first-order valence-electron chi connectivity index (χ1n) is 16.4. The fraction of sp³-hybridized carbons (Fsp3) is 0.794. The molecule has 1 aromatic rings. The first-order chi connectivity index (χ1) is 19.7. The van der Waals surface area contributed by atoms with Gasteiger partial charge in [-0.25, -0.2) is 17.9 Å². The van der Waals surface area contributed by atoms with Crippen molar-refractivity contribution in [1.82, 2.24) is 10.0 Å². The molecule has 0 spiro atoms. The Kier molecular flexibility index (Phi) is 8.60. The number of fused-ring (bicyclic) bond motifs is 5. The molecule has 4 aliphatic rings. The largest absolute Gasteiger partial charge is 0.393 e. The first-order valence-corrected chi connectivity index (χ1v) is 17.9. The number of aliphatic hydroxyl groups is 2. The molecule has 0 radical (unpaired) electrons. The van der Waals surface area contributed by atoms with Gasteiger partial charge in [0.25, 0.3) is 10.0 Å². The molecule has 2 amide bonds. The Balaban J connectivity index is 1.24. The zero-order chi connectivity index (χ0) is 30.7. The average Bonchev–Trinajstić information content (AvgIpc) is 3.27. The first kappa shape index (κ1) is 31.8. The number of hydrogen-bond acceptors (Lipinski definition) is 5. The van der Waals surface area contributed by atoms with Crippen molar-refractivity contribution in [3.8, 4) is 0 Å². The van der Waals surface area contributed by atoms with E-state index in [0.717, 1.165) is 63.4 Å². The van der Waals surface area contributed by atoms with Gasteiger partial charge in [0.1, 0.15) is 0 Å². The molecular weight excluding hydrogens is 548 g/mol. The second-order valence-electron chi connectivity index (χ2n) is 15.2. The summed E-state index contributed by atoms with van der Waals surface area (Å²) >= 11 is 0. The Morgan fingerprint density at radius 2 is 1.79 bits per heavy atom. The minimum Gasteiger partial charge on any atom is -0.393 e. The fourth-order valence-corrected chi connectivity index (χ4v) is 12.1. The van der Waals surface area contributed by atoms with Crippen molar-refractivity contribution < 1.29 is 23.4 Å². The van der Waals surface area contributed by atoms with Gasteiger partial charge in [0, 0.05) is 6.54 Å². The number of benzene rings is 1. The number of sulfonamides is 1. The summed E-state index contributed by atoms with van der Waals surface area (Å²) < 4.78 is 27.4. The van der Waals surface area contributed by atoms with E-state index in [1.165, 1.54) is 6.07 Å². The minimum atomic E-state index is -3.92. The van der Waals surface area contributed by atoms with Crippen LogP contribution >= 0.6 is 0 Å². The van der Waals surface area contributed by atoms with Gasteiger partial charge in [0.2, 0.25) is 0 Å². The summed E-state index contributed by atoms with van der Waals surface area (Å²) in [4.78, 5) is 12.6. The van der Waals surface area contributed by atoms with E-state index in [-0.39, 0.29) is 39.3 Å². The van der Waals surface area contributed by atoms with Crippen molar-refractivity contribution in [1.29, 1.82) is 0 Å². The van der Waals surface area contributed by atoms with E-state index in [1.807, 2.05) is 13.0 Å². The molecule has 5 rings (SSSR count). The van der Waals surface area contributed by atoms with Crippen molar-refractivity contribution in [3.63, 3.8) is 0 Å². The molecule has 8 heteroatoms. The maximum absolute atomic E-state index is 12.6. The van der Waals surface area contributed by atoms with Crippen LogP contribution in [0.25, 0.3) is 0 Å². The van der Waals surface area contributed by atoms with Gasteiger partial charge < -0.3 is 15.5 Å². The Bertz CT molecular complexity index is 1270. The van der Waals surface area contributed by atoms with Gasteiger partial charge in [-0.05, 0) is 128 Å². The molecule has 236 valence electrons. The Morgan fingerprint density at radius 3 is 2.48 bits per heavy atom. The van der Waals surface area contributed by atoms with E-state index in [2.05, 4.69) is 44.7 Å². The summed E-state index contributed by atoms with van der Waals surface area (Å²) in [5.74, 6) is 2.35. The smallest absolute Gasteiger partial charge is 0.328 e. The van der Waals surface area contributed by atoms with Gasteiger partial charge in [0.15, 0.2) is 0 Å². The Morgan fingerprint density at radius 1 is 1.05 bits per heavy atom. The topological polar surface area (TPSA) is 116 Å². The maximum Gasteiger partial charge on any atom is 0.328 e. The highest BCUT2D eigenvalue weighted by atomic mass is 32.2. The van der Waals surface area contributed by atoms with Crippen LogP contribution in [0.2, 0.25) is 0 Å². The third kappa shape index (κ3) is 5.11. The number of amides is 2. The molecule has 11 atom stereocenters. The summed E-state index contributed by atoms with van der Waals surface area (Å²) in [6, 6.07) is 5.83. The van der Waals surface area contributed by atoms with Crippen molar-refractivity contribution in [2.75, 3.05) is 6.54 Å². The van der Waals surface area contributed by atoms with Gasteiger partial charge in [-0.2, -0.15) is 0 Å². The third-order valence-corrected chi connectivity index (χ3v) is 14.7. The van der Waals surface area contributed by atoms with Crippen molar-refractivity contribution in [2.24, 2.45) is 51.8 Å². The van der Waals surface area contributed by atoms with Crippen LogP contribution < -0.4 is 10.0 Å². The molecule has 0 saturated heterocycles. The Labute approximate surface area is 253 Å². The van der Waals surface area contributed by atoms with E-state index in [1.54, 1.807) is 12.1 Å². The summed E-state index contributed by atoms with van der Waals surface area (Å²) in [6.07, 6.45) is 8.43. The lowest BCUT2D eigenvalue weighted by atomic mass is 9.36. The molecule has 7 nitrogen and oxygen atoms in total. The lowest BCUT2D eigenvalue weighted by Gasteiger charge is -2.69. The van der Waals surface area contributed by atoms with Crippen LogP contribution in [-0.4, -0.2) is 43.4 Å². The quantitative estimate of drug-likeness (QED) is 0.304. The predicted molar refractivity (Wildman–Crippen MR) is 165 cm³/mol. The molecule has 4 N–H and O–H groups in total. The molecule has 0 aromatic heterocycles. The lowest BCUT2D eigenvalue weighted by Crippen LogP contribution is -2.66. The molecule has 0 bridgehead atoms. The van der Waals surface area contributed by atoms with E-state index in [9.17, 15) is 23.4 Å². The molecule has 42 heavy (non-hydrogen) atoms. The number of aryl methyl sites for hydroxylation is 1. The van der Waals surface area contributed by atoms with Gasteiger partial charge in [-0.1, -0.05) is 53.2 Å². The molecule has 0 unspecified atom stereocenters. The second-order valence-corrected chi connectivity index (χ2v) is 16.9. The van der Waals surface area contributed by atoms with E-state index >= 15 is 0 Å². The fourth-order valence-electron chi connectivity index (χ4n) is 11.1. The molecule has 0 aliphatic heterocycles. The SMILES string of the molecule is CC[C@H]1[C@@H](O)[C@H]2[C@@H]3CC[C@H]([C@H](C)CCNC(=O)NS(=O)(=O)c4cccc(C)c4)[C@@]3(C)CC[C@@H]2[C@@]2(C)CC[C@@H](O)C[C@@]12C. The Hall–Kier alpha value is -1.64. The van der Waals surface area contributed by atoms with Crippen LogP contribution in [-0.2, 0) is 10.0 Å². The molecule has 1 aromatic carbocycles. The van der Waals surface area contributed by atoms with Crippen molar-refractivity contribution in [2.45, 2.75) is 116 Å². The van der Waals surface area contributed by atoms with Gasteiger partial charge in [-0.15, -0.1) is 0 Å². The number of nitrogens with one attached hydrogen (secondary N) is 2. The van der Waals surface area contributed by atoms with Gasteiger partial charge in [0.05, 0.1) is 17.1 Å². The number of aliphatic hydroxyl groups excluding tert-OH is 2. The molecule has 4 aliphatic carbocycles. The van der Waals surface area contributed by atoms with Crippen molar-refractivity contribution >= 4 is 16.1 Å². The van der Waals surface area contributed by atoms with Gasteiger partial charge in [-0.3, -0.25) is 0 Å². The summed E-state index contributed by atoms with van der Waals surface area (Å²) in [7, 11) is -3.92. The normalized spacial score (nSPS) is 42.1. The summed E-state index contributed by atoms with van der Waals surface area (Å²) in [6.45, 7) is 14.0. The zero-order valence-electron chi connectivity index (χ0n) is 26.5. The van der Waals surface area contributed by atoms with E-state index in [0.29, 0.717) is 36.1 Å². The number of carbonyl (C=O) groups excluding carboxylic acids is 1. The van der Waals surface area contributed by atoms with Crippen LogP contribution in [0.1, 0.15) is 98.0 Å². The average molecular weight is 603 g/mol. The number of rotatable bonds is 7. The monoisotopic (exact) mass is 602 g/mol. The third-order valence-electron chi connectivity index (χ3n) is 13.3. The maximum atomic E-state index is 12.6. The van der Waals surface area contributed by atoms with Crippen LogP contribution in [0, 0.1) is 58.7 Å². The summed E-state index contributed by atoms with van der Waals surface area (Å²) in [5.41, 5.74) is 1.06. The number of urea groups is 1. The highest BCUT2D eigenvalue weighted by molar-refractivity contribution is 7.90. The highest BCUT2D eigenvalue weighted by Crippen LogP contribution is 2.72.